The average molecular weight is 388 g/mol. The minimum absolute atomic E-state index is 0.212. The Morgan fingerprint density at radius 2 is 1.92 bits per heavy atom. The lowest BCUT2D eigenvalue weighted by molar-refractivity contribution is -0.114. The van der Waals surface area contributed by atoms with Crippen LogP contribution in [0, 0.1) is 0 Å². The number of carbonyl (C=O) groups is 1. The van der Waals surface area contributed by atoms with Crippen LogP contribution in [0.3, 0.4) is 0 Å². The van der Waals surface area contributed by atoms with Crippen molar-refractivity contribution in [3.05, 3.63) is 41.4 Å². The van der Waals surface area contributed by atoms with Crippen molar-refractivity contribution < 1.29 is 13.2 Å². The topological polar surface area (TPSA) is 92.3 Å². The summed E-state index contributed by atoms with van der Waals surface area (Å²) in [5, 5.41) is 13.3. The van der Waals surface area contributed by atoms with Crippen LogP contribution in [0.4, 0.5) is 10.8 Å². The quantitative estimate of drug-likeness (QED) is 0.742. The molecule has 1 N–H and O–H groups in total. The Balaban J connectivity index is 1.62. The molecule has 0 saturated carbocycles. The second-order valence-electron chi connectivity index (χ2n) is 6.29. The van der Waals surface area contributed by atoms with E-state index in [0.717, 1.165) is 14.7 Å². The van der Waals surface area contributed by atoms with E-state index in [1.807, 2.05) is 26.0 Å². The number of sulfonamides is 1. The maximum Gasteiger partial charge on any atom is 0.265 e. The van der Waals surface area contributed by atoms with Gasteiger partial charge < -0.3 is 0 Å². The fourth-order valence-corrected chi connectivity index (χ4v) is 5.36. The third-order valence-corrected chi connectivity index (χ3v) is 7.09. The molecule has 2 aromatic carbocycles. The molecule has 0 fully saturated rings. The molecule has 0 saturated heterocycles. The number of nitrogens with zero attached hydrogens (tertiary/aromatic N) is 3. The van der Waals surface area contributed by atoms with Crippen LogP contribution in [-0.4, -0.2) is 31.1 Å². The molecule has 0 spiro atoms. The van der Waals surface area contributed by atoms with Gasteiger partial charge in [0, 0.05) is 11.3 Å². The van der Waals surface area contributed by atoms with Gasteiger partial charge in [0.2, 0.25) is 11.0 Å². The third-order valence-electron chi connectivity index (χ3n) is 4.15. The Bertz CT molecular complexity index is 1120. The number of amides is 1. The third kappa shape index (κ3) is 2.63. The van der Waals surface area contributed by atoms with Crippen LogP contribution in [0.25, 0.3) is 10.8 Å². The Morgan fingerprint density at radius 1 is 1.19 bits per heavy atom. The highest BCUT2D eigenvalue weighted by Gasteiger charge is 2.36. The Kier molecular flexibility index (Phi) is 3.92. The fourth-order valence-electron chi connectivity index (χ4n) is 2.94. The van der Waals surface area contributed by atoms with E-state index in [0.29, 0.717) is 16.2 Å². The smallest absolute Gasteiger partial charge is 0.265 e. The van der Waals surface area contributed by atoms with Gasteiger partial charge in [0.05, 0.1) is 10.6 Å². The summed E-state index contributed by atoms with van der Waals surface area (Å²) in [4.78, 5) is 12.7. The molecule has 0 radical (unpaired) electrons. The molecule has 1 aliphatic heterocycles. The van der Waals surface area contributed by atoms with E-state index in [2.05, 4.69) is 15.5 Å². The lowest BCUT2D eigenvalue weighted by atomic mass is 10.1. The number of aromatic nitrogens is 2. The molecule has 3 aromatic rings. The van der Waals surface area contributed by atoms with Gasteiger partial charge in [-0.05, 0) is 17.5 Å². The molecule has 0 aliphatic carbocycles. The normalized spacial score (nSPS) is 15.0. The van der Waals surface area contributed by atoms with Crippen molar-refractivity contribution in [3.8, 4) is 0 Å². The molecule has 4 rings (SSSR count). The van der Waals surface area contributed by atoms with Crippen molar-refractivity contribution in [2.24, 2.45) is 0 Å². The molecular weight excluding hydrogens is 372 g/mol. The summed E-state index contributed by atoms with van der Waals surface area (Å²) in [6.45, 7) is 3.66. The van der Waals surface area contributed by atoms with Gasteiger partial charge in [0.1, 0.15) is 11.6 Å². The average Bonchev–Trinajstić information content (AvgIpc) is 3.14. The second-order valence-corrected chi connectivity index (χ2v) is 9.13. The Morgan fingerprint density at radius 3 is 2.62 bits per heavy atom. The largest absolute Gasteiger partial charge is 0.299 e. The molecule has 2 heterocycles. The zero-order valence-electron chi connectivity index (χ0n) is 14.1. The number of benzene rings is 2. The van der Waals surface area contributed by atoms with Crippen molar-refractivity contribution in [3.63, 3.8) is 0 Å². The molecule has 1 aliphatic rings. The van der Waals surface area contributed by atoms with Crippen molar-refractivity contribution in [1.29, 1.82) is 0 Å². The van der Waals surface area contributed by atoms with E-state index in [4.69, 9.17) is 0 Å². The summed E-state index contributed by atoms with van der Waals surface area (Å²) in [7, 11) is -3.75. The standard InChI is InChI=1S/C17H16N4O3S2/c1-10(2)16-19-20-17(25-16)18-14(22)9-21-12-7-3-5-11-6-4-8-13(15(11)12)26(21,23)24/h3-8,10H,9H2,1-2H3,(H,18,20,22). The summed E-state index contributed by atoms with van der Waals surface area (Å²) in [6, 6.07) is 10.5. The van der Waals surface area contributed by atoms with Crippen LogP contribution in [0.2, 0.25) is 0 Å². The molecule has 0 atom stereocenters. The predicted octanol–water partition coefficient (Wildman–Crippen LogP) is 2.96. The summed E-state index contributed by atoms with van der Waals surface area (Å²) < 4.78 is 26.9. The first-order valence-corrected chi connectivity index (χ1v) is 10.3. The second kappa shape index (κ2) is 6.03. The van der Waals surface area contributed by atoms with Crippen molar-refractivity contribution in [2.75, 3.05) is 16.2 Å². The monoisotopic (exact) mass is 388 g/mol. The molecule has 9 heteroatoms. The molecule has 1 aromatic heterocycles. The number of hydrogen-bond donors (Lipinski definition) is 1. The van der Waals surface area contributed by atoms with Crippen molar-refractivity contribution in [2.45, 2.75) is 24.7 Å². The van der Waals surface area contributed by atoms with Gasteiger partial charge in [-0.1, -0.05) is 49.4 Å². The first-order chi connectivity index (χ1) is 12.4. The first-order valence-electron chi connectivity index (χ1n) is 8.05. The van der Waals surface area contributed by atoms with Gasteiger partial charge in [-0.3, -0.25) is 14.4 Å². The van der Waals surface area contributed by atoms with Crippen LogP contribution >= 0.6 is 11.3 Å². The van der Waals surface area contributed by atoms with Crippen LogP contribution in [0.1, 0.15) is 24.8 Å². The van der Waals surface area contributed by atoms with Crippen molar-refractivity contribution in [1.82, 2.24) is 10.2 Å². The fraction of sp³-hybridized carbons (Fsp3) is 0.235. The lowest BCUT2D eigenvalue weighted by Gasteiger charge is -2.17. The van der Waals surface area contributed by atoms with Crippen LogP contribution < -0.4 is 9.62 Å². The van der Waals surface area contributed by atoms with Crippen LogP contribution in [0.5, 0.6) is 0 Å². The van der Waals surface area contributed by atoms with Crippen LogP contribution in [0.15, 0.2) is 41.3 Å². The summed E-state index contributed by atoms with van der Waals surface area (Å²) in [6.07, 6.45) is 0. The van der Waals surface area contributed by atoms with Crippen molar-refractivity contribution >= 4 is 48.9 Å². The van der Waals surface area contributed by atoms with Gasteiger partial charge in [-0.15, -0.1) is 10.2 Å². The van der Waals surface area contributed by atoms with E-state index in [1.54, 1.807) is 24.3 Å². The summed E-state index contributed by atoms with van der Waals surface area (Å²) in [5.41, 5.74) is 0.522. The number of nitrogens with one attached hydrogen (secondary N) is 1. The van der Waals surface area contributed by atoms with E-state index in [-0.39, 0.29) is 17.4 Å². The van der Waals surface area contributed by atoms with Gasteiger partial charge in [-0.25, -0.2) is 8.42 Å². The molecule has 0 bridgehead atoms. The highest BCUT2D eigenvalue weighted by Crippen LogP contribution is 2.41. The molecule has 0 unspecified atom stereocenters. The number of carbonyl (C=O) groups excluding carboxylic acids is 1. The zero-order chi connectivity index (χ0) is 18.5. The maximum atomic E-state index is 12.9. The van der Waals surface area contributed by atoms with Gasteiger partial charge in [0.25, 0.3) is 10.0 Å². The minimum Gasteiger partial charge on any atom is -0.299 e. The van der Waals surface area contributed by atoms with E-state index >= 15 is 0 Å². The van der Waals surface area contributed by atoms with Gasteiger partial charge >= 0.3 is 0 Å². The maximum absolute atomic E-state index is 12.9. The molecule has 26 heavy (non-hydrogen) atoms. The Labute approximate surface area is 154 Å². The van der Waals surface area contributed by atoms with E-state index in [1.165, 1.54) is 11.3 Å². The summed E-state index contributed by atoms with van der Waals surface area (Å²) in [5.74, 6) is -0.242. The molecule has 1 amide bonds. The van der Waals surface area contributed by atoms with Crippen LogP contribution in [-0.2, 0) is 14.8 Å². The van der Waals surface area contributed by atoms with Gasteiger partial charge in [0.15, 0.2) is 0 Å². The van der Waals surface area contributed by atoms with E-state index in [9.17, 15) is 13.2 Å². The predicted molar refractivity (Wildman–Crippen MR) is 101 cm³/mol. The summed E-state index contributed by atoms with van der Waals surface area (Å²) >= 11 is 1.29. The van der Waals surface area contributed by atoms with E-state index < -0.39 is 15.9 Å². The number of hydrogen-bond acceptors (Lipinski definition) is 6. The molecule has 7 nitrogen and oxygen atoms in total. The zero-order valence-corrected chi connectivity index (χ0v) is 15.8. The minimum atomic E-state index is -3.75. The highest BCUT2D eigenvalue weighted by atomic mass is 32.2. The highest BCUT2D eigenvalue weighted by molar-refractivity contribution is 7.93. The van der Waals surface area contributed by atoms with Gasteiger partial charge in [-0.2, -0.15) is 0 Å². The number of rotatable bonds is 4. The number of anilines is 2. The molecule has 134 valence electrons. The SMILES string of the molecule is CC(C)c1nnc(NC(=O)CN2c3cccc4cccc(c34)S2(=O)=O)s1. The lowest BCUT2D eigenvalue weighted by Crippen LogP contribution is -2.35. The molecular formula is C17H16N4O3S2. The first kappa shape index (κ1) is 16.9. The Hall–Kier alpha value is -2.52.